The average molecular weight is 291 g/mol. The molecule has 6 nitrogen and oxygen atoms in total. The number of anilines is 1. The summed E-state index contributed by atoms with van der Waals surface area (Å²) in [5.41, 5.74) is 2.17. The maximum Gasteiger partial charge on any atom is 0.303 e. The number of carbonyl (C=O) groups excluding carboxylic acids is 1. The van der Waals surface area contributed by atoms with E-state index in [0.717, 1.165) is 17.1 Å². The monoisotopic (exact) mass is 291 g/mol. The minimum Gasteiger partial charge on any atom is -0.481 e. The summed E-state index contributed by atoms with van der Waals surface area (Å²) in [6.45, 7) is 1.73. The van der Waals surface area contributed by atoms with Crippen molar-refractivity contribution in [2.75, 3.05) is 5.32 Å². The van der Waals surface area contributed by atoms with E-state index in [1.165, 1.54) is 0 Å². The number of benzene rings is 1. The van der Waals surface area contributed by atoms with Crippen molar-refractivity contribution in [1.29, 1.82) is 0 Å². The molecule has 1 amide bonds. The van der Waals surface area contributed by atoms with E-state index in [2.05, 4.69) is 14.9 Å². The lowest BCUT2D eigenvalue weighted by Gasteiger charge is -2.05. The van der Waals surface area contributed by atoms with Gasteiger partial charge >= 0.3 is 5.97 Å². The lowest BCUT2D eigenvalue weighted by molar-refractivity contribution is -0.136. The van der Waals surface area contributed by atoms with Gasteiger partial charge in [-0.1, -0.05) is 16.6 Å². The molecule has 0 aliphatic carbocycles. The first kappa shape index (κ1) is 14.1. The fourth-order valence-corrected chi connectivity index (χ4v) is 2.19. The van der Waals surface area contributed by atoms with E-state index in [4.69, 9.17) is 5.11 Å². The van der Waals surface area contributed by atoms with Crippen LogP contribution in [0.3, 0.4) is 0 Å². The van der Waals surface area contributed by atoms with Crippen LogP contribution in [0.1, 0.15) is 27.3 Å². The van der Waals surface area contributed by atoms with Crippen LogP contribution < -0.4 is 5.32 Å². The van der Waals surface area contributed by atoms with Crippen LogP contribution in [0.4, 0.5) is 5.69 Å². The molecule has 20 heavy (non-hydrogen) atoms. The Morgan fingerprint density at radius 2 is 2.00 bits per heavy atom. The second kappa shape index (κ2) is 6.25. The highest BCUT2D eigenvalue weighted by atomic mass is 32.1. The molecule has 1 aromatic heterocycles. The molecular weight excluding hydrogens is 278 g/mol. The van der Waals surface area contributed by atoms with Crippen LogP contribution in [0.2, 0.25) is 0 Å². The van der Waals surface area contributed by atoms with Crippen molar-refractivity contribution in [3.8, 4) is 0 Å². The summed E-state index contributed by atoms with van der Waals surface area (Å²) in [4.78, 5) is 22.9. The van der Waals surface area contributed by atoms with Crippen LogP contribution in [0.5, 0.6) is 0 Å². The van der Waals surface area contributed by atoms with Crippen molar-refractivity contribution in [3.63, 3.8) is 0 Å². The number of aliphatic carboxylic acids is 1. The molecule has 0 spiro atoms. The Morgan fingerprint density at radius 1 is 1.30 bits per heavy atom. The van der Waals surface area contributed by atoms with Crippen molar-refractivity contribution in [3.05, 3.63) is 40.4 Å². The molecular formula is C13H13N3O3S. The van der Waals surface area contributed by atoms with E-state index in [1.54, 1.807) is 31.2 Å². The number of hydrogen-bond acceptors (Lipinski definition) is 5. The lowest BCUT2D eigenvalue weighted by Crippen LogP contribution is -2.11. The second-order valence-corrected chi connectivity index (χ2v) is 4.99. The highest BCUT2D eigenvalue weighted by molar-refractivity contribution is 7.08. The smallest absolute Gasteiger partial charge is 0.303 e. The zero-order valence-electron chi connectivity index (χ0n) is 10.8. The highest BCUT2D eigenvalue weighted by Crippen LogP contribution is 2.15. The summed E-state index contributed by atoms with van der Waals surface area (Å²) < 4.78 is 3.71. The molecule has 2 N–H and O–H groups in total. The molecule has 1 heterocycles. The van der Waals surface area contributed by atoms with Gasteiger partial charge in [0.2, 0.25) is 0 Å². The summed E-state index contributed by atoms with van der Waals surface area (Å²) in [5, 5.41) is 15.2. The Bertz CT molecular complexity index is 622. The number of hydrogen-bond donors (Lipinski definition) is 2. The van der Waals surface area contributed by atoms with E-state index >= 15 is 0 Å². The highest BCUT2D eigenvalue weighted by Gasteiger charge is 2.13. The van der Waals surface area contributed by atoms with Crippen molar-refractivity contribution in [1.82, 2.24) is 9.59 Å². The topological polar surface area (TPSA) is 92.2 Å². The molecule has 0 radical (unpaired) electrons. The Labute approximate surface area is 119 Å². The van der Waals surface area contributed by atoms with Crippen LogP contribution in [0, 0.1) is 6.92 Å². The minimum atomic E-state index is -0.824. The maximum atomic E-state index is 11.9. The van der Waals surface area contributed by atoms with Gasteiger partial charge in [0.05, 0.1) is 5.69 Å². The number of carbonyl (C=O) groups is 2. The molecule has 0 aliphatic heterocycles. The summed E-state index contributed by atoms with van der Waals surface area (Å²) in [5.74, 6) is -1.06. The fraction of sp³-hybridized carbons (Fsp3) is 0.231. The SMILES string of the molecule is Cc1nnsc1C(=O)Nc1ccc(CCC(=O)O)cc1. The number of nitrogens with zero attached hydrogens (tertiary/aromatic N) is 2. The van der Waals surface area contributed by atoms with Gasteiger partial charge in [0.1, 0.15) is 4.88 Å². The molecule has 104 valence electrons. The molecule has 0 unspecified atom stereocenters. The predicted molar refractivity (Wildman–Crippen MR) is 75.0 cm³/mol. The Balaban J connectivity index is 1.99. The number of carboxylic acids is 1. The maximum absolute atomic E-state index is 11.9. The van der Waals surface area contributed by atoms with Gasteiger partial charge in [-0.15, -0.1) is 5.10 Å². The number of aryl methyl sites for hydroxylation is 2. The predicted octanol–water partition coefficient (Wildman–Crippen LogP) is 2.12. The van der Waals surface area contributed by atoms with Gasteiger partial charge < -0.3 is 10.4 Å². The second-order valence-electron chi connectivity index (χ2n) is 4.23. The van der Waals surface area contributed by atoms with E-state index in [9.17, 15) is 9.59 Å². The Morgan fingerprint density at radius 3 is 2.55 bits per heavy atom. The van der Waals surface area contributed by atoms with Gasteiger partial charge in [-0.2, -0.15) is 0 Å². The summed E-state index contributed by atoms with van der Waals surface area (Å²) in [6, 6.07) is 7.10. The number of rotatable bonds is 5. The van der Waals surface area contributed by atoms with E-state index in [-0.39, 0.29) is 12.3 Å². The van der Waals surface area contributed by atoms with Gasteiger partial charge in [-0.25, -0.2) is 0 Å². The molecule has 7 heteroatoms. The number of carboxylic acid groups (broad SMARTS) is 1. The van der Waals surface area contributed by atoms with Gasteiger partial charge in [-0.3, -0.25) is 9.59 Å². The molecule has 0 fully saturated rings. The first-order valence-electron chi connectivity index (χ1n) is 5.97. The molecule has 2 rings (SSSR count). The van der Waals surface area contributed by atoms with E-state index < -0.39 is 5.97 Å². The van der Waals surface area contributed by atoms with Crippen molar-refractivity contribution < 1.29 is 14.7 Å². The van der Waals surface area contributed by atoms with Gasteiger partial charge in [-0.05, 0) is 42.6 Å². The standard InChI is InChI=1S/C13H13N3O3S/c1-8-12(20-16-15-8)13(19)14-10-5-2-9(3-6-10)4-7-11(17)18/h2-3,5-6H,4,7H2,1H3,(H,14,19)(H,17,18). The summed E-state index contributed by atoms with van der Waals surface area (Å²) in [7, 11) is 0. The third kappa shape index (κ3) is 3.61. The Hall–Kier alpha value is -2.28. The minimum absolute atomic E-state index is 0.0947. The summed E-state index contributed by atoms with van der Waals surface area (Å²) in [6.07, 6.45) is 0.568. The molecule has 0 bridgehead atoms. The lowest BCUT2D eigenvalue weighted by atomic mass is 10.1. The molecule has 0 saturated carbocycles. The fourth-order valence-electron chi connectivity index (χ4n) is 1.63. The van der Waals surface area contributed by atoms with Gasteiger partial charge in [0.15, 0.2) is 0 Å². The molecule has 0 atom stereocenters. The third-order valence-corrected chi connectivity index (χ3v) is 3.52. The van der Waals surface area contributed by atoms with Gasteiger partial charge in [0, 0.05) is 12.1 Å². The number of amides is 1. The van der Waals surface area contributed by atoms with Crippen LogP contribution in [-0.2, 0) is 11.2 Å². The van der Waals surface area contributed by atoms with Gasteiger partial charge in [0.25, 0.3) is 5.91 Å². The van der Waals surface area contributed by atoms with Crippen LogP contribution in [0.25, 0.3) is 0 Å². The third-order valence-electron chi connectivity index (χ3n) is 2.70. The zero-order chi connectivity index (χ0) is 14.5. The number of aromatic nitrogens is 2. The van der Waals surface area contributed by atoms with Crippen LogP contribution >= 0.6 is 11.5 Å². The van der Waals surface area contributed by atoms with E-state index in [0.29, 0.717) is 22.7 Å². The quantitative estimate of drug-likeness (QED) is 0.880. The van der Waals surface area contributed by atoms with Crippen molar-refractivity contribution in [2.45, 2.75) is 19.8 Å². The first-order chi connectivity index (χ1) is 9.56. The summed E-state index contributed by atoms with van der Waals surface area (Å²) >= 11 is 1.05. The van der Waals surface area contributed by atoms with Crippen molar-refractivity contribution >= 4 is 29.1 Å². The van der Waals surface area contributed by atoms with Crippen LogP contribution in [0.15, 0.2) is 24.3 Å². The number of nitrogens with one attached hydrogen (secondary N) is 1. The largest absolute Gasteiger partial charge is 0.481 e. The van der Waals surface area contributed by atoms with Crippen LogP contribution in [-0.4, -0.2) is 26.6 Å². The van der Waals surface area contributed by atoms with E-state index in [1.807, 2.05) is 0 Å². The zero-order valence-corrected chi connectivity index (χ0v) is 11.6. The molecule has 0 saturated heterocycles. The Kier molecular flexibility index (Phi) is 4.41. The molecule has 1 aromatic carbocycles. The average Bonchev–Trinajstić information content (AvgIpc) is 2.84. The molecule has 0 aliphatic rings. The normalized spacial score (nSPS) is 10.2. The van der Waals surface area contributed by atoms with Crippen molar-refractivity contribution in [2.24, 2.45) is 0 Å². The first-order valence-corrected chi connectivity index (χ1v) is 6.74. The molecule has 2 aromatic rings.